The van der Waals surface area contributed by atoms with Crippen LogP contribution in [0.1, 0.15) is 37.8 Å². The lowest BCUT2D eigenvalue weighted by Crippen LogP contribution is -2.31. The Balaban J connectivity index is 2.24. The van der Waals surface area contributed by atoms with Crippen molar-refractivity contribution in [3.05, 3.63) is 50.9 Å². The van der Waals surface area contributed by atoms with Crippen LogP contribution < -0.4 is 20.3 Å². The molecule has 0 bridgehead atoms. The number of anilines is 1. The van der Waals surface area contributed by atoms with Gasteiger partial charge in [-0.05, 0) is 37.3 Å². The molecule has 2 heterocycles. The molecule has 1 aromatic carbocycles. The van der Waals surface area contributed by atoms with E-state index in [0.717, 1.165) is 5.75 Å². The van der Waals surface area contributed by atoms with E-state index in [2.05, 4.69) is 15.3 Å². The summed E-state index contributed by atoms with van der Waals surface area (Å²) in [6, 6.07) is 5.36. The number of ether oxygens (including phenoxy) is 3. The van der Waals surface area contributed by atoms with Crippen LogP contribution in [0.5, 0.6) is 11.5 Å². The lowest BCUT2D eigenvalue weighted by molar-refractivity contribution is -0.136. The number of rotatable bonds is 7. The minimum Gasteiger partial charge on any atom is -0.493 e. The zero-order chi connectivity index (χ0) is 21.8. The number of allylic oxidation sites excluding steroid dienone is 1. The number of hydrogen-bond acceptors (Lipinski definition) is 8. The van der Waals surface area contributed by atoms with Gasteiger partial charge < -0.3 is 24.5 Å². The van der Waals surface area contributed by atoms with Crippen LogP contribution in [0, 0.1) is 0 Å². The molecule has 1 atom stereocenters. The van der Waals surface area contributed by atoms with Gasteiger partial charge in [-0.1, -0.05) is 24.8 Å². The summed E-state index contributed by atoms with van der Waals surface area (Å²) in [5.41, 5.74) is 1.67. The summed E-state index contributed by atoms with van der Waals surface area (Å²) in [6.45, 7) is 6.12. The number of aromatic nitrogens is 2. The molecule has 1 aromatic heterocycles. The fourth-order valence-corrected chi connectivity index (χ4v) is 4.08. The molecule has 0 saturated carbocycles. The summed E-state index contributed by atoms with van der Waals surface area (Å²) in [4.78, 5) is 33.1. The lowest BCUT2D eigenvalue weighted by Gasteiger charge is -2.29. The van der Waals surface area contributed by atoms with Gasteiger partial charge in [-0.15, -0.1) is 0 Å². The Kier molecular flexibility index (Phi) is 6.71. The van der Waals surface area contributed by atoms with Gasteiger partial charge in [-0.25, -0.2) is 9.78 Å². The molecule has 3 rings (SSSR count). The molecule has 0 fully saturated rings. The first-order valence-electron chi connectivity index (χ1n) is 9.58. The Morgan fingerprint density at radius 3 is 2.63 bits per heavy atom. The fourth-order valence-electron chi connectivity index (χ4n) is 3.49. The molecular formula is C21H25N3O5S. The van der Waals surface area contributed by atoms with Crippen LogP contribution in [-0.4, -0.2) is 42.5 Å². The third kappa shape index (κ3) is 4.02. The van der Waals surface area contributed by atoms with Crippen molar-refractivity contribution < 1.29 is 19.0 Å². The molecule has 0 radical (unpaired) electrons. The molecule has 1 unspecified atom stereocenters. The molecule has 0 amide bonds. The molecule has 2 aromatic rings. The quantitative estimate of drug-likeness (QED) is 0.391. The maximum Gasteiger partial charge on any atom is 0.336 e. The number of aromatic amines is 1. The first-order chi connectivity index (χ1) is 14.4. The van der Waals surface area contributed by atoms with E-state index in [9.17, 15) is 9.59 Å². The molecule has 1 aliphatic rings. The SMILES string of the molecule is CCOc1ccc(C2C(C(=O)OC)=C(C)Nc3nc(SCC)[nH]c(=O)c32)cc1OC. The highest BCUT2D eigenvalue weighted by atomic mass is 32.2. The Morgan fingerprint density at radius 1 is 1.23 bits per heavy atom. The summed E-state index contributed by atoms with van der Waals surface area (Å²) < 4.78 is 16.1. The smallest absolute Gasteiger partial charge is 0.336 e. The molecule has 0 spiro atoms. The van der Waals surface area contributed by atoms with Gasteiger partial charge in [-0.2, -0.15) is 0 Å². The van der Waals surface area contributed by atoms with Crippen molar-refractivity contribution in [2.24, 2.45) is 0 Å². The number of carbonyl (C=O) groups excluding carboxylic acids is 1. The molecule has 160 valence electrons. The average molecular weight is 432 g/mol. The Bertz CT molecular complexity index is 1050. The van der Waals surface area contributed by atoms with Crippen LogP contribution in [0.25, 0.3) is 0 Å². The number of thioether (sulfide) groups is 1. The number of carbonyl (C=O) groups is 1. The maximum absolute atomic E-state index is 13.1. The van der Waals surface area contributed by atoms with Crippen molar-refractivity contribution in [2.45, 2.75) is 31.8 Å². The number of nitrogens with one attached hydrogen (secondary N) is 2. The number of benzene rings is 1. The fraction of sp³-hybridized carbons (Fsp3) is 0.381. The lowest BCUT2D eigenvalue weighted by atomic mass is 9.82. The van der Waals surface area contributed by atoms with E-state index in [1.807, 2.05) is 19.9 Å². The summed E-state index contributed by atoms with van der Waals surface area (Å²) in [5, 5.41) is 3.62. The van der Waals surface area contributed by atoms with Crippen LogP contribution in [0.4, 0.5) is 5.82 Å². The highest BCUT2D eigenvalue weighted by Crippen LogP contribution is 2.42. The molecule has 0 saturated heterocycles. The first kappa shape index (κ1) is 21.8. The topological polar surface area (TPSA) is 103 Å². The molecular weight excluding hydrogens is 406 g/mol. The molecule has 30 heavy (non-hydrogen) atoms. The predicted octanol–water partition coefficient (Wildman–Crippen LogP) is 3.29. The second-order valence-electron chi connectivity index (χ2n) is 6.50. The van der Waals surface area contributed by atoms with Crippen LogP contribution in [0.3, 0.4) is 0 Å². The third-order valence-corrected chi connectivity index (χ3v) is 5.48. The van der Waals surface area contributed by atoms with E-state index in [1.54, 1.807) is 26.2 Å². The van der Waals surface area contributed by atoms with E-state index in [0.29, 0.717) is 51.5 Å². The second kappa shape index (κ2) is 9.25. The summed E-state index contributed by atoms with van der Waals surface area (Å²) in [6.07, 6.45) is 0. The largest absolute Gasteiger partial charge is 0.493 e. The summed E-state index contributed by atoms with van der Waals surface area (Å²) >= 11 is 1.43. The predicted molar refractivity (Wildman–Crippen MR) is 116 cm³/mol. The summed E-state index contributed by atoms with van der Waals surface area (Å²) in [7, 11) is 2.86. The number of nitrogens with zero attached hydrogens (tertiary/aromatic N) is 1. The van der Waals surface area contributed by atoms with Gasteiger partial charge in [0, 0.05) is 5.70 Å². The normalized spacial score (nSPS) is 15.3. The number of H-pyrrole nitrogens is 1. The number of methoxy groups -OCH3 is 2. The van der Waals surface area contributed by atoms with E-state index < -0.39 is 11.9 Å². The van der Waals surface area contributed by atoms with Gasteiger partial charge >= 0.3 is 5.97 Å². The number of fused-ring (bicyclic) bond motifs is 1. The van der Waals surface area contributed by atoms with Crippen LogP contribution in [0.15, 0.2) is 39.4 Å². The maximum atomic E-state index is 13.1. The van der Waals surface area contributed by atoms with E-state index in [1.165, 1.54) is 18.9 Å². The van der Waals surface area contributed by atoms with Crippen LogP contribution in [-0.2, 0) is 9.53 Å². The van der Waals surface area contributed by atoms with Gasteiger partial charge in [0.25, 0.3) is 5.56 Å². The van der Waals surface area contributed by atoms with Gasteiger partial charge in [0.15, 0.2) is 16.7 Å². The molecule has 2 N–H and O–H groups in total. The van der Waals surface area contributed by atoms with Gasteiger partial charge in [0.2, 0.25) is 0 Å². The molecule has 0 aliphatic carbocycles. The van der Waals surface area contributed by atoms with Crippen molar-refractivity contribution in [2.75, 3.05) is 31.9 Å². The van der Waals surface area contributed by atoms with E-state index in [-0.39, 0.29) is 5.56 Å². The van der Waals surface area contributed by atoms with Gasteiger partial charge in [0.1, 0.15) is 5.82 Å². The van der Waals surface area contributed by atoms with Crippen molar-refractivity contribution in [1.82, 2.24) is 9.97 Å². The Morgan fingerprint density at radius 2 is 2.00 bits per heavy atom. The number of hydrogen-bond donors (Lipinski definition) is 2. The first-order valence-corrected chi connectivity index (χ1v) is 10.6. The Labute approximate surface area is 179 Å². The van der Waals surface area contributed by atoms with Crippen LogP contribution >= 0.6 is 11.8 Å². The highest BCUT2D eigenvalue weighted by Gasteiger charge is 2.36. The van der Waals surface area contributed by atoms with Gasteiger partial charge in [0.05, 0.1) is 37.9 Å². The van der Waals surface area contributed by atoms with Crippen molar-refractivity contribution in [1.29, 1.82) is 0 Å². The summed E-state index contributed by atoms with van der Waals surface area (Å²) in [5.74, 6) is 1.10. The standard InChI is InChI=1S/C21H25N3O5S/c1-6-29-13-9-8-12(10-14(13)27-4)16-15(20(26)28-5)11(3)22-18-17(16)19(25)24-21(23-18)30-7-2/h8-10,16H,6-7H2,1-5H3,(H2,22,23,24,25). The minimum absolute atomic E-state index is 0.310. The molecule has 9 heteroatoms. The third-order valence-electron chi connectivity index (χ3n) is 4.73. The minimum atomic E-state index is -0.671. The van der Waals surface area contributed by atoms with Crippen molar-refractivity contribution in [3.8, 4) is 11.5 Å². The average Bonchev–Trinajstić information content (AvgIpc) is 2.73. The van der Waals surface area contributed by atoms with E-state index in [4.69, 9.17) is 14.2 Å². The highest BCUT2D eigenvalue weighted by molar-refractivity contribution is 7.99. The zero-order valence-corrected chi connectivity index (χ0v) is 18.4. The monoisotopic (exact) mass is 431 g/mol. The molecule has 1 aliphatic heterocycles. The number of esters is 1. The van der Waals surface area contributed by atoms with Crippen LogP contribution in [0.2, 0.25) is 0 Å². The Hall–Kier alpha value is -2.94. The second-order valence-corrected chi connectivity index (χ2v) is 7.75. The van der Waals surface area contributed by atoms with Crippen molar-refractivity contribution in [3.63, 3.8) is 0 Å². The zero-order valence-electron chi connectivity index (χ0n) is 17.6. The van der Waals surface area contributed by atoms with Gasteiger partial charge in [-0.3, -0.25) is 4.79 Å². The molecule has 8 nitrogen and oxygen atoms in total. The van der Waals surface area contributed by atoms with E-state index >= 15 is 0 Å². The van der Waals surface area contributed by atoms with Crippen molar-refractivity contribution >= 4 is 23.5 Å².